The topological polar surface area (TPSA) is 86.9 Å². The molecule has 0 aromatic carbocycles. The molecule has 1 fully saturated rings. The Hall–Kier alpha value is -2.22. The van der Waals surface area contributed by atoms with E-state index in [1.807, 2.05) is 17.8 Å². The molecular weight excluding hydrogens is 296 g/mol. The molecule has 0 saturated carbocycles. The van der Waals surface area contributed by atoms with E-state index in [0.717, 1.165) is 37.2 Å². The minimum absolute atomic E-state index is 0.0582. The van der Waals surface area contributed by atoms with Crippen molar-refractivity contribution in [3.63, 3.8) is 0 Å². The van der Waals surface area contributed by atoms with Crippen molar-refractivity contribution in [1.29, 1.82) is 0 Å². The first-order valence-corrected chi connectivity index (χ1v) is 8.05. The highest BCUT2D eigenvalue weighted by molar-refractivity contribution is 5.91. The van der Waals surface area contributed by atoms with E-state index in [-0.39, 0.29) is 17.9 Å². The van der Waals surface area contributed by atoms with Crippen molar-refractivity contribution in [3.05, 3.63) is 23.8 Å². The van der Waals surface area contributed by atoms with Crippen molar-refractivity contribution >= 4 is 11.9 Å². The Labute approximate surface area is 133 Å². The largest absolute Gasteiger partial charge is 0.373 e. The number of anilines is 1. The van der Waals surface area contributed by atoms with Gasteiger partial charge in [0.2, 0.25) is 11.9 Å². The van der Waals surface area contributed by atoms with Crippen LogP contribution in [0.1, 0.15) is 36.8 Å². The van der Waals surface area contributed by atoms with Crippen molar-refractivity contribution in [2.75, 3.05) is 11.9 Å². The molecule has 2 aliphatic rings. The molecule has 2 aromatic rings. The van der Waals surface area contributed by atoms with Gasteiger partial charge in [-0.25, -0.2) is 0 Å². The molecule has 2 aromatic heterocycles. The van der Waals surface area contributed by atoms with Gasteiger partial charge in [-0.3, -0.25) is 19.4 Å². The summed E-state index contributed by atoms with van der Waals surface area (Å²) < 4.78 is 9.49. The standard InChI is InChI=1S/C15H20N6O2/c1-20-9-10(8-16-20)13-11(5-7-23-13)14(22)17-15-19-18-12-4-2-3-6-21(12)15/h8-9,11,13H,2-7H2,1H3,(H,17,19,22)/t11-,13+/m0/s1. The monoisotopic (exact) mass is 316 g/mol. The molecule has 0 aliphatic carbocycles. The summed E-state index contributed by atoms with van der Waals surface area (Å²) in [7, 11) is 1.86. The van der Waals surface area contributed by atoms with Crippen LogP contribution in [-0.4, -0.2) is 37.1 Å². The van der Waals surface area contributed by atoms with Gasteiger partial charge in [-0.15, -0.1) is 10.2 Å². The summed E-state index contributed by atoms with van der Waals surface area (Å²) in [4.78, 5) is 12.7. The minimum Gasteiger partial charge on any atom is -0.373 e. The third kappa shape index (κ3) is 2.63. The number of nitrogens with one attached hydrogen (secondary N) is 1. The highest BCUT2D eigenvalue weighted by Crippen LogP contribution is 2.35. The lowest BCUT2D eigenvalue weighted by molar-refractivity contribution is -0.121. The number of ether oxygens (including phenoxy) is 1. The molecule has 23 heavy (non-hydrogen) atoms. The lowest BCUT2D eigenvalue weighted by Crippen LogP contribution is -2.27. The Morgan fingerprint density at radius 1 is 1.39 bits per heavy atom. The predicted octanol–water partition coefficient (Wildman–Crippen LogP) is 1.06. The maximum Gasteiger partial charge on any atom is 0.232 e. The van der Waals surface area contributed by atoms with Crippen molar-refractivity contribution in [2.45, 2.75) is 38.3 Å². The number of carbonyl (C=O) groups is 1. The number of amides is 1. The smallest absolute Gasteiger partial charge is 0.232 e. The van der Waals surface area contributed by atoms with Gasteiger partial charge in [0.05, 0.1) is 18.2 Å². The fourth-order valence-corrected chi connectivity index (χ4v) is 3.38. The molecule has 0 spiro atoms. The first kappa shape index (κ1) is 14.4. The second kappa shape index (κ2) is 5.77. The van der Waals surface area contributed by atoms with Crippen molar-refractivity contribution < 1.29 is 9.53 Å². The van der Waals surface area contributed by atoms with Gasteiger partial charge in [0, 0.05) is 38.4 Å². The summed E-state index contributed by atoms with van der Waals surface area (Å²) in [6.45, 7) is 1.45. The lowest BCUT2D eigenvalue weighted by Gasteiger charge is -2.18. The zero-order valence-corrected chi connectivity index (χ0v) is 13.1. The van der Waals surface area contributed by atoms with E-state index in [0.29, 0.717) is 19.0 Å². The number of hydrogen-bond acceptors (Lipinski definition) is 5. The Kier molecular flexibility index (Phi) is 3.60. The number of fused-ring (bicyclic) bond motifs is 1. The van der Waals surface area contributed by atoms with E-state index < -0.39 is 0 Å². The third-order valence-electron chi connectivity index (χ3n) is 4.58. The number of rotatable bonds is 3. The van der Waals surface area contributed by atoms with Gasteiger partial charge in [-0.05, 0) is 19.3 Å². The molecule has 2 atom stereocenters. The first-order chi connectivity index (χ1) is 11.2. The summed E-state index contributed by atoms with van der Waals surface area (Å²) in [5.74, 6) is 1.23. The third-order valence-corrected chi connectivity index (χ3v) is 4.58. The van der Waals surface area contributed by atoms with E-state index >= 15 is 0 Å². The van der Waals surface area contributed by atoms with Gasteiger partial charge < -0.3 is 4.74 Å². The number of aryl methyl sites for hydroxylation is 2. The molecule has 2 aliphatic heterocycles. The van der Waals surface area contributed by atoms with Crippen LogP contribution in [0.25, 0.3) is 0 Å². The second-order valence-electron chi connectivity index (χ2n) is 6.17. The summed E-state index contributed by atoms with van der Waals surface area (Å²) in [6, 6.07) is 0. The SMILES string of the molecule is Cn1cc([C@H]2OCC[C@@H]2C(=O)Nc2nnc3n2CCCC3)cn1. The molecule has 1 saturated heterocycles. The number of hydrogen-bond donors (Lipinski definition) is 1. The van der Waals surface area contributed by atoms with Crippen LogP contribution in [0.3, 0.4) is 0 Å². The molecule has 4 heterocycles. The van der Waals surface area contributed by atoms with Gasteiger partial charge in [0.25, 0.3) is 0 Å². The average molecular weight is 316 g/mol. The highest BCUT2D eigenvalue weighted by atomic mass is 16.5. The number of nitrogens with zero attached hydrogens (tertiary/aromatic N) is 5. The summed E-state index contributed by atoms with van der Waals surface area (Å²) in [6.07, 6.45) is 7.27. The van der Waals surface area contributed by atoms with Gasteiger partial charge in [-0.1, -0.05) is 0 Å². The Balaban J connectivity index is 1.51. The highest BCUT2D eigenvalue weighted by Gasteiger charge is 2.36. The van der Waals surface area contributed by atoms with Crippen molar-refractivity contribution in [3.8, 4) is 0 Å². The zero-order valence-electron chi connectivity index (χ0n) is 13.1. The van der Waals surface area contributed by atoms with E-state index in [4.69, 9.17) is 4.74 Å². The van der Waals surface area contributed by atoms with Crippen LogP contribution in [0.5, 0.6) is 0 Å². The van der Waals surface area contributed by atoms with Crippen molar-refractivity contribution in [2.24, 2.45) is 13.0 Å². The minimum atomic E-state index is -0.243. The van der Waals surface area contributed by atoms with E-state index in [1.54, 1.807) is 10.9 Å². The predicted molar refractivity (Wildman–Crippen MR) is 81.6 cm³/mol. The molecule has 122 valence electrons. The molecule has 4 rings (SSSR count). The molecule has 0 radical (unpaired) electrons. The number of carbonyl (C=O) groups excluding carboxylic acids is 1. The second-order valence-corrected chi connectivity index (χ2v) is 6.17. The van der Waals surface area contributed by atoms with Gasteiger partial charge in [-0.2, -0.15) is 5.10 Å². The normalized spacial score (nSPS) is 23.7. The maximum atomic E-state index is 12.7. The van der Waals surface area contributed by atoms with Crippen LogP contribution >= 0.6 is 0 Å². The Morgan fingerprint density at radius 2 is 2.30 bits per heavy atom. The van der Waals surface area contributed by atoms with E-state index in [1.165, 1.54) is 0 Å². The van der Waals surface area contributed by atoms with Crippen LogP contribution < -0.4 is 5.32 Å². The quantitative estimate of drug-likeness (QED) is 0.915. The number of aromatic nitrogens is 5. The molecule has 0 unspecified atom stereocenters. The Bertz CT molecular complexity index is 721. The Morgan fingerprint density at radius 3 is 3.13 bits per heavy atom. The van der Waals surface area contributed by atoms with Gasteiger partial charge >= 0.3 is 0 Å². The van der Waals surface area contributed by atoms with E-state index in [9.17, 15) is 4.79 Å². The van der Waals surface area contributed by atoms with Crippen LogP contribution in [0.2, 0.25) is 0 Å². The first-order valence-electron chi connectivity index (χ1n) is 8.05. The fourth-order valence-electron chi connectivity index (χ4n) is 3.38. The zero-order chi connectivity index (χ0) is 15.8. The van der Waals surface area contributed by atoms with Gasteiger partial charge in [0.15, 0.2) is 0 Å². The van der Waals surface area contributed by atoms with Crippen LogP contribution in [0.15, 0.2) is 12.4 Å². The van der Waals surface area contributed by atoms with Crippen LogP contribution in [-0.2, 0) is 29.5 Å². The van der Waals surface area contributed by atoms with Crippen LogP contribution in [0, 0.1) is 5.92 Å². The van der Waals surface area contributed by atoms with Gasteiger partial charge in [0.1, 0.15) is 5.82 Å². The van der Waals surface area contributed by atoms with Crippen molar-refractivity contribution in [1.82, 2.24) is 24.5 Å². The molecule has 8 heteroatoms. The summed E-state index contributed by atoms with van der Waals surface area (Å²) in [5.41, 5.74) is 0.938. The maximum absolute atomic E-state index is 12.7. The molecular formula is C15H20N6O2. The molecule has 8 nitrogen and oxygen atoms in total. The molecule has 1 amide bonds. The average Bonchev–Trinajstić information content (AvgIpc) is 3.26. The fraction of sp³-hybridized carbons (Fsp3) is 0.600. The molecule has 0 bridgehead atoms. The molecule has 1 N–H and O–H groups in total. The van der Waals surface area contributed by atoms with E-state index in [2.05, 4.69) is 20.6 Å². The summed E-state index contributed by atoms with van der Waals surface area (Å²) >= 11 is 0. The summed E-state index contributed by atoms with van der Waals surface area (Å²) in [5, 5.41) is 15.4. The lowest BCUT2D eigenvalue weighted by atomic mass is 9.96. The van der Waals surface area contributed by atoms with Crippen LogP contribution in [0.4, 0.5) is 5.95 Å².